The van der Waals surface area contributed by atoms with Crippen LogP contribution < -0.4 is 0 Å². The molecular formula is C23H39Cl2PRu. The van der Waals surface area contributed by atoms with Crippen LogP contribution in [0.15, 0.2) is 23.3 Å². The van der Waals surface area contributed by atoms with Crippen LogP contribution in [0.4, 0.5) is 0 Å². The van der Waals surface area contributed by atoms with E-state index in [2.05, 4.69) is 26.0 Å². The number of hydrogen-bond donors (Lipinski definition) is 0. The van der Waals surface area contributed by atoms with E-state index in [4.69, 9.17) is 19.4 Å². The number of allylic oxidation sites excluding steroid dienone is 4. The third kappa shape index (κ3) is 8.40. The van der Waals surface area contributed by atoms with Gasteiger partial charge in [0.05, 0.1) is 0 Å². The molecule has 0 N–H and O–H groups in total. The van der Waals surface area contributed by atoms with Crippen LogP contribution in [0.5, 0.6) is 0 Å². The summed E-state index contributed by atoms with van der Waals surface area (Å²) in [6.45, 7) is 4.50. The summed E-state index contributed by atoms with van der Waals surface area (Å²) in [7, 11) is 9.92. The second-order valence-corrected chi connectivity index (χ2v) is 14.4. The first kappa shape index (κ1) is 24.4. The normalized spacial score (nSPS) is 26.7. The second kappa shape index (κ2) is 14.2. The van der Waals surface area contributed by atoms with Crippen molar-refractivity contribution in [3.63, 3.8) is 0 Å². The summed E-state index contributed by atoms with van der Waals surface area (Å²) in [6, 6.07) is 0. The van der Waals surface area contributed by atoms with Crippen LogP contribution in [-0.2, 0) is 15.1 Å². The molecule has 0 aromatic heterocycles. The topological polar surface area (TPSA) is 0 Å². The molecule has 0 spiro atoms. The number of halogens is 2. The minimum absolute atomic E-state index is 0.217. The molecule has 0 aromatic rings. The second-order valence-electron chi connectivity index (χ2n) is 8.83. The molecule has 0 bridgehead atoms. The Hall–Kier alpha value is 1.11. The molecular weight excluding hydrogens is 479 g/mol. The van der Waals surface area contributed by atoms with Gasteiger partial charge in [-0.25, -0.2) is 0 Å². The minimum atomic E-state index is -0.346. The van der Waals surface area contributed by atoms with E-state index in [1.807, 2.05) is 5.57 Å². The van der Waals surface area contributed by atoms with Gasteiger partial charge < -0.3 is 0 Å². The summed E-state index contributed by atoms with van der Waals surface area (Å²) in [5, 5.41) is 0. The SMILES string of the molecule is CC(C)=CC=C1CCCCC1P(C1CCCCC1)C1CCCCC1.[Cl][Ru][Cl]. The van der Waals surface area contributed by atoms with Gasteiger partial charge in [0.1, 0.15) is 0 Å². The molecule has 1 unspecified atom stereocenters. The Morgan fingerprint density at radius 3 is 1.78 bits per heavy atom. The van der Waals surface area contributed by atoms with E-state index < -0.39 is 0 Å². The van der Waals surface area contributed by atoms with Crippen molar-refractivity contribution in [2.75, 3.05) is 0 Å². The fourth-order valence-corrected chi connectivity index (χ4v) is 10.0. The van der Waals surface area contributed by atoms with Gasteiger partial charge in [-0.1, -0.05) is 76.2 Å². The Morgan fingerprint density at radius 1 is 0.815 bits per heavy atom. The van der Waals surface area contributed by atoms with Crippen molar-refractivity contribution in [2.24, 2.45) is 0 Å². The first-order chi connectivity index (χ1) is 13.2. The van der Waals surface area contributed by atoms with E-state index in [-0.39, 0.29) is 23.1 Å². The summed E-state index contributed by atoms with van der Waals surface area (Å²) < 4.78 is 0. The molecule has 3 aliphatic rings. The van der Waals surface area contributed by atoms with E-state index in [1.165, 1.54) is 69.8 Å². The van der Waals surface area contributed by atoms with Gasteiger partial charge in [-0.15, -0.1) is 0 Å². The first-order valence-electron chi connectivity index (χ1n) is 11.1. The van der Waals surface area contributed by atoms with E-state index in [0.717, 1.165) is 17.0 Å². The van der Waals surface area contributed by atoms with Crippen LogP contribution in [-0.4, -0.2) is 17.0 Å². The summed E-state index contributed by atoms with van der Waals surface area (Å²) in [4.78, 5) is 0. The zero-order valence-corrected chi connectivity index (χ0v) is 21.5. The summed E-state index contributed by atoms with van der Waals surface area (Å²) in [5.74, 6) is 0. The molecule has 0 amide bonds. The van der Waals surface area contributed by atoms with Gasteiger partial charge in [-0.3, -0.25) is 0 Å². The molecule has 0 heterocycles. The molecule has 158 valence electrons. The summed E-state index contributed by atoms with van der Waals surface area (Å²) in [5.41, 5.74) is 6.51. The third-order valence-electron chi connectivity index (χ3n) is 6.60. The molecule has 3 aliphatic carbocycles. The van der Waals surface area contributed by atoms with Crippen molar-refractivity contribution in [2.45, 2.75) is 121 Å². The predicted molar refractivity (Wildman–Crippen MR) is 122 cm³/mol. The molecule has 27 heavy (non-hydrogen) atoms. The maximum atomic E-state index is 4.85. The fraction of sp³-hybridized carbons (Fsp3) is 0.826. The van der Waals surface area contributed by atoms with Crippen molar-refractivity contribution >= 4 is 27.3 Å². The third-order valence-corrected chi connectivity index (χ3v) is 10.6. The van der Waals surface area contributed by atoms with Crippen LogP contribution in [0.1, 0.15) is 104 Å². The zero-order chi connectivity index (χ0) is 19.5. The van der Waals surface area contributed by atoms with Gasteiger partial charge >= 0.3 is 34.5 Å². The molecule has 0 aliphatic heterocycles. The molecule has 0 saturated heterocycles. The van der Waals surface area contributed by atoms with Crippen molar-refractivity contribution in [3.8, 4) is 0 Å². The molecule has 4 heteroatoms. The molecule has 1 atom stereocenters. The Labute approximate surface area is 185 Å². The maximum absolute atomic E-state index is 4.85. The average molecular weight is 519 g/mol. The Morgan fingerprint density at radius 2 is 1.30 bits per heavy atom. The van der Waals surface area contributed by atoms with Crippen LogP contribution in [0.2, 0.25) is 0 Å². The molecule has 3 fully saturated rings. The summed E-state index contributed by atoms with van der Waals surface area (Å²) in [6.07, 6.45) is 26.2. The number of hydrogen-bond acceptors (Lipinski definition) is 0. The van der Waals surface area contributed by atoms with E-state index >= 15 is 0 Å². The molecule has 3 saturated carbocycles. The molecule has 0 aromatic carbocycles. The summed E-state index contributed by atoms with van der Waals surface area (Å²) >= 11 is -0.346. The van der Waals surface area contributed by atoms with Gasteiger partial charge in [0, 0.05) is 5.66 Å². The van der Waals surface area contributed by atoms with Crippen LogP contribution in [0.3, 0.4) is 0 Å². The van der Waals surface area contributed by atoms with Crippen LogP contribution in [0.25, 0.3) is 0 Å². The van der Waals surface area contributed by atoms with Gasteiger partial charge in [-0.05, 0) is 70.1 Å². The Balaban J connectivity index is 0.000000817. The van der Waals surface area contributed by atoms with Gasteiger partial charge in [0.2, 0.25) is 0 Å². The van der Waals surface area contributed by atoms with E-state index in [1.54, 1.807) is 25.7 Å². The Bertz CT molecular complexity index is 443. The van der Waals surface area contributed by atoms with Crippen molar-refractivity contribution in [3.05, 3.63) is 23.3 Å². The standard InChI is InChI=1S/C23H39P.2ClH.Ru/c1-19(2)17-18-20-11-9-10-16-23(20)24(21-12-5-3-6-13-21)22-14-7-4-8-15-22;;;/h17-18,21-23H,3-16H2,1-2H3;2*1H;/q;;;+2/p-2. The van der Waals surface area contributed by atoms with Gasteiger partial charge in [0.25, 0.3) is 0 Å². The van der Waals surface area contributed by atoms with Gasteiger partial charge in [0.15, 0.2) is 0 Å². The predicted octanol–water partition coefficient (Wildman–Crippen LogP) is 9.35. The first-order valence-corrected chi connectivity index (χ1v) is 17.2. The molecule has 0 radical (unpaired) electrons. The van der Waals surface area contributed by atoms with Crippen molar-refractivity contribution in [1.29, 1.82) is 0 Å². The van der Waals surface area contributed by atoms with Crippen LogP contribution >= 0.6 is 27.3 Å². The van der Waals surface area contributed by atoms with Gasteiger partial charge in [-0.2, -0.15) is 0 Å². The van der Waals surface area contributed by atoms with E-state index in [0.29, 0.717) is 0 Å². The quantitative estimate of drug-likeness (QED) is 0.257. The van der Waals surface area contributed by atoms with E-state index in [9.17, 15) is 0 Å². The Kier molecular flexibility index (Phi) is 12.8. The fourth-order valence-electron chi connectivity index (χ4n) is 5.39. The van der Waals surface area contributed by atoms with Crippen molar-refractivity contribution < 1.29 is 15.1 Å². The monoisotopic (exact) mass is 518 g/mol. The molecule has 0 nitrogen and oxygen atoms in total. The molecule has 3 rings (SSSR count). The average Bonchev–Trinajstić information content (AvgIpc) is 2.70. The zero-order valence-electron chi connectivity index (χ0n) is 17.3. The van der Waals surface area contributed by atoms with Crippen LogP contribution in [0, 0.1) is 0 Å². The van der Waals surface area contributed by atoms with Crippen molar-refractivity contribution in [1.82, 2.24) is 0 Å². The number of rotatable bonds is 4.